The summed E-state index contributed by atoms with van der Waals surface area (Å²) in [5, 5.41) is 7.61. The van der Waals surface area contributed by atoms with Gasteiger partial charge >= 0.3 is 0 Å². The molecule has 1 heteroatoms. The molecule has 10 aromatic rings. The fraction of sp³-hybridized carbons (Fsp3) is 0. The Kier molecular flexibility index (Phi) is 6.40. The number of fused-ring (bicyclic) bond motifs is 12. The topological polar surface area (TPSA) is 4.93 Å². The molecule has 0 saturated heterocycles. The van der Waals surface area contributed by atoms with Crippen LogP contribution in [0.15, 0.2) is 200 Å². The highest BCUT2D eigenvalue weighted by atomic mass is 15.0. The summed E-state index contributed by atoms with van der Waals surface area (Å²) in [5.41, 5.74) is 19.1. The highest BCUT2D eigenvalue weighted by Gasteiger charge is 2.39. The van der Waals surface area contributed by atoms with Gasteiger partial charge in [0.05, 0.1) is 11.0 Å². The number of rotatable bonds is 4. The van der Waals surface area contributed by atoms with E-state index in [2.05, 4.69) is 205 Å². The second-order valence-corrected chi connectivity index (χ2v) is 14.8. The summed E-state index contributed by atoms with van der Waals surface area (Å²) in [7, 11) is 0. The summed E-state index contributed by atoms with van der Waals surface area (Å²) in [5.74, 6) is 0. The van der Waals surface area contributed by atoms with Crippen molar-refractivity contribution in [3.05, 3.63) is 234 Å². The number of allylic oxidation sites excluding steroid dienone is 2. The summed E-state index contributed by atoms with van der Waals surface area (Å²) >= 11 is 0. The van der Waals surface area contributed by atoms with Gasteiger partial charge in [-0.3, -0.25) is 0 Å². The average molecular weight is 696 g/mol. The molecule has 0 spiro atoms. The fourth-order valence-corrected chi connectivity index (χ4v) is 9.56. The monoisotopic (exact) mass is 695 g/mol. The maximum atomic E-state index is 2.48. The van der Waals surface area contributed by atoms with Crippen molar-refractivity contribution < 1.29 is 0 Å². The number of para-hydroxylation sites is 1. The van der Waals surface area contributed by atoms with Crippen LogP contribution in [0.4, 0.5) is 0 Å². The molecule has 0 saturated carbocycles. The summed E-state index contributed by atoms with van der Waals surface area (Å²) in [6.45, 7) is 0. The van der Waals surface area contributed by atoms with E-state index in [-0.39, 0.29) is 0 Å². The van der Waals surface area contributed by atoms with Crippen molar-refractivity contribution >= 4 is 65.6 Å². The van der Waals surface area contributed by atoms with E-state index in [1.54, 1.807) is 0 Å². The van der Waals surface area contributed by atoms with E-state index in [1.807, 2.05) is 0 Å². The van der Waals surface area contributed by atoms with E-state index in [0.717, 1.165) is 5.69 Å². The molecule has 0 radical (unpaired) electrons. The van der Waals surface area contributed by atoms with Crippen molar-refractivity contribution in [3.63, 3.8) is 0 Å². The summed E-state index contributed by atoms with van der Waals surface area (Å²) in [4.78, 5) is 0. The number of hydrogen-bond acceptors (Lipinski definition) is 0. The Morgan fingerprint density at radius 1 is 0.273 bits per heavy atom. The van der Waals surface area contributed by atoms with Gasteiger partial charge in [0.25, 0.3) is 0 Å². The van der Waals surface area contributed by atoms with Crippen LogP contribution in [0.5, 0.6) is 0 Å². The van der Waals surface area contributed by atoms with Gasteiger partial charge in [-0.2, -0.15) is 0 Å². The van der Waals surface area contributed by atoms with Crippen molar-refractivity contribution in [2.75, 3.05) is 0 Å². The first kappa shape index (κ1) is 30.3. The van der Waals surface area contributed by atoms with Crippen molar-refractivity contribution in [3.8, 4) is 16.8 Å². The maximum Gasteiger partial charge on any atom is 0.0541 e. The quantitative estimate of drug-likeness (QED) is 0.173. The molecule has 0 bridgehead atoms. The van der Waals surface area contributed by atoms with E-state index in [9.17, 15) is 0 Å². The van der Waals surface area contributed by atoms with E-state index in [4.69, 9.17) is 0 Å². The van der Waals surface area contributed by atoms with E-state index >= 15 is 0 Å². The van der Waals surface area contributed by atoms with Gasteiger partial charge in [-0.15, -0.1) is 0 Å². The lowest BCUT2D eigenvalue weighted by Gasteiger charge is -2.16. The Bertz CT molecular complexity index is 3270. The molecule has 0 atom stereocenters. The zero-order valence-electron chi connectivity index (χ0n) is 30.0. The van der Waals surface area contributed by atoms with Crippen molar-refractivity contribution in [2.24, 2.45) is 0 Å². The van der Waals surface area contributed by atoms with Gasteiger partial charge in [0.1, 0.15) is 0 Å². The minimum atomic E-state index is 1.16. The second kappa shape index (κ2) is 11.6. The molecule has 2 aliphatic rings. The third kappa shape index (κ3) is 4.35. The summed E-state index contributed by atoms with van der Waals surface area (Å²) < 4.78 is 2.43. The summed E-state index contributed by atoms with van der Waals surface area (Å²) in [6.07, 6.45) is 0. The highest BCUT2D eigenvalue weighted by Crippen LogP contribution is 2.61. The van der Waals surface area contributed by atoms with Crippen LogP contribution in [0, 0.1) is 0 Å². The molecule has 1 heterocycles. The Balaban J connectivity index is 1.22. The molecule has 0 amide bonds. The number of nitrogens with zero attached hydrogens (tertiary/aromatic N) is 1. The third-order valence-corrected chi connectivity index (χ3v) is 11.9. The van der Waals surface area contributed by atoms with Crippen molar-refractivity contribution in [1.82, 2.24) is 4.57 Å². The first-order chi connectivity index (χ1) is 27.3. The molecule has 9 aromatic carbocycles. The molecule has 0 aliphatic heterocycles. The van der Waals surface area contributed by atoms with Gasteiger partial charge in [-0.25, -0.2) is 0 Å². The van der Waals surface area contributed by atoms with Crippen LogP contribution in [0.1, 0.15) is 33.4 Å². The largest absolute Gasteiger partial charge is 0.309 e. The summed E-state index contributed by atoms with van der Waals surface area (Å²) in [6, 6.07) is 73.9. The zero-order chi connectivity index (χ0) is 36.0. The van der Waals surface area contributed by atoms with Gasteiger partial charge in [-0.1, -0.05) is 164 Å². The fourth-order valence-electron chi connectivity index (χ4n) is 9.56. The lowest BCUT2D eigenvalue weighted by molar-refractivity contribution is 1.18. The average Bonchev–Trinajstić information content (AvgIpc) is 3.90. The van der Waals surface area contributed by atoms with E-state index in [0.29, 0.717) is 0 Å². The van der Waals surface area contributed by atoms with Crippen LogP contribution in [-0.4, -0.2) is 4.57 Å². The Morgan fingerprint density at radius 3 is 1.31 bits per heavy atom. The van der Waals surface area contributed by atoms with Crippen LogP contribution < -0.4 is 0 Å². The van der Waals surface area contributed by atoms with Gasteiger partial charge in [0, 0.05) is 16.5 Å². The lowest BCUT2D eigenvalue weighted by atomic mass is 9.87. The van der Waals surface area contributed by atoms with Crippen molar-refractivity contribution in [1.29, 1.82) is 0 Å². The van der Waals surface area contributed by atoms with Gasteiger partial charge < -0.3 is 4.57 Å². The van der Waals surface area contributed by atoms with Crippen LogP contribution in [-0.2, 0) is 0 Å². The molecule has 0 N–H and O–H groups in total. The normalized spacial score (nSPS) is 13.3. The third-order valence-electron chi connectivity index (χ3n) is 11.9. The van der Waals surface area contributed by atoms with Gasteiger partial charge in [0.2, 0.25) is 0 Å². The number of benzene rings is 9. The molecular formula is C54H33N. The molecule has 0 fully saturated rings. The minimum Gasteiger partial charge on any atom is -0.309 e. The Labute approximate surface area is 319 Å². The maximum absolute atomic E-state index is 2.48. The SMILES string of the molecule is c1ccc(C2=C3C(=C(c4ccc5c(c4)c4cc(-c6ccccc6)ccc4n5-c4ccccc4)c4c3ccc3ccccc43)c3ccc4ccccc4c32)cc1. The van der Waals surface area contributed by atoms with E-state index in [1.165, 1.54) is 110 Å². The predicted octanol–water partition coefficient (Wildman–Crippen LogP) is 14.0. The van der Waals surface area contributed by atoms with Gasteiger partial charge in [0.15, 0.2) is 0 Å². The molecule has 1 nitrogen and oxygen atoms in total. The van der Waals surface area contributed by atoms with Crippen LogP contribution >= 0.6 is 0 Å². The van der Waals surface area contributed by atoms with Gasteiger partial charge in [-0.05, 0) is 125 Å². The Morgan fingerprint density at radius 2 is 0.727 bits per heavy atom. The van der Waals surface area contributed by atoms with Crippen LogP contribution in [0.2, 0.25) is 0 Å². The molecule has 254 valence electrons. The highest BCUT2D eigenvalue weighted by molar-refractivity contribution is 6.38. The predicted molar refractivity (Wildman–Crippen MR) is 232 cm³/mol. The van der Waals surface area contributed by atoms with Crippen LogP contribution in [0.3, 0.4) is 0 Å². The number of aromatic nitrogens is 1. The van der Waals surface area contributed by atoms with E-state index < -0.39 is 0 Å². The minimum absolute atomic E-state index is 1.16. The lowest BCUT2D eigenvalue weighted by Crippen LogP contribution is -1.95. The van der Waals surface area contributed by atoms with Crippen molar-refractivity contribution in [2.45, 2.75) is 0 Å². The first-order valence-corrected chi connectivity index (χ1v) is 19.1. The van der Waals surface area contributed by atoms with Crippen LogP contribution in [0.25, 0.3) is 82.5 Å². The molecule has 1 aromatic heterocycles. The second-order valence-electron chi connectivity index (χ2n) is 14.8. The standard InChI is InChI=1S/C54H33N/c1-4-14-34(15-5-1)38-26-30-47-45(32-38)46-33-39(27-31-48(46)55(47)40-20-8-3-9-21-40)50-52-42-23-13-11-17-36(42)25-29-44(52)53-49(37-18-6-2-7-19-37)51-41-22-12-10-16-35(41)24-28-43(51)54(50)53/h1-33H. The zero-order valence-corrected chi connectivity index (χ0v) is 30.0. The first-order valence-electron chi connectivity index (χ1n) is 19.1. The molecule has 2 aliphatic carbocycles. The smallest absolute Gasteiger partial charge is 0.0541 e. The Hall–Kier alpha value is -7.22. The molecule has 12 rings (SSSR count). The molecule has 0 unspecified atom stereocenters. The molecule has 55 heavy (non-hydrogen) atoms. The molecular weight excluding hydrogens is 663 g/mol. The number of hydrogen-bond donors (Lipinski definition) is 0.